The van der Waals surface area contributed by atoms with Gasteiger partial charge in [-0.25, -0.2) is 4.98 Å². The number of aromatic nitrogens is 4. The van der Waals surface area contributed by atoms with Crippen molar-refractivity contribution in [3.8, 4) is 73.2 Å². The third kappa shape index (κ3) is 10.7. The van der Waals surface area contributed by atoms with Gasteiger partial charge in [-0.3, -0.25) is 4.57 Å². The first-order chi connectivity index (χ1) is 58.1. The number of fused-ring (bicyclic) bond motifs is 4. The molecule has 0 radical (unpaired) electrons. The van der Waals surface area contributed by atoms with Gasteiger partial charge in [-0.15, -0.1) is 29.7 Å². The standard InChI is InChI=1S/C84H64N4OSi.Pt/c1-58-26-23-27-59(2)82(58)62-44-47-77-79(53-62)86(67-32-24-33-68(55-67)89-69-45-46-75-74-40-21-22-42-76(74)88(78(75)56-69)81-54-66(48-49-85-81)84(3,4)5)57-87(77)83-73(65-51-63(60-28-11-6-12-29-60)50-64(52-65)61-30-13-7-14-31-61)41-25-43-80(83)90(70-34-15-8-16-35-70,71-36-17-9-18-37-71)72-38-19-10-20-39-72;/h6-54H,1-5H3;/q-2;/i1D3,2D3,6D,7D,8D,9D,10D,11D,12D,13D,14D,15D,16D,17D,18D,19D,20D,28D,29D,30D,31D,34D,35D,36D,37D,38D,39D,50D,51D,52D;. The molecule has 15 aromatic rings. The Morgan fingerprint density at radius 1 is 0.516 bits per heavy atom. The van der Waals surface area contributed by atoms with E-state index in [9.17, 15) is 26.0 Å². The van der Waals surface area contributed by atoms with E-state index in [0.717, 1.165) is 44.6 Å². The minimum Gasteiger partial charge on any atom is -0.510 e. The number of pyridine rings is 1. The van der Waals surface area contributed by atoms with Gasteiger partial charge in [0.2, 0.25) is 0 Å². The molecule has 12 aromatic carbocycles. The Balaban J connectivity index is 0.0000127. The Morgan fingerprint density at radius 3 is 1.73 bits per heavy atom. The van der Waals surface area contributed by atoms with Crippen LogP contribution in [0.25, 0.3) is 94.5 Å². The predicted octanol–water partition coefficient (Wildman–Crippen LogP) is 17.5. The topological polar surface area (TPSA) is 35.9 Å². The first kappa shape index (κ1) is 31.5. The Morgan fingerprint density at radius 2 is 1.10 bits per heavy atom. The Kier molecular flexibility index (Phi) is 8.40. The summed E-state index contributed by atoms with van der Waals surface area (Å²) < 4.78 is 333. The van der Waals surface area contributed by atoms with E-state index in [1.165, 1.54) is 59.2 Å². The van der Waals surface area contributed by atoms with Crippen molar-refractivity contribution in [2.24, 2.45) is 0 Å². The van der Waals surface area contributed by atoms with Gasteiger partial charge in [0.1, 0.15) is 5.82 Å². The maximum Gasteiger partial charge on any atom is 0.268 e. The fraction of sp³-hybridized carbons (Fsp3) is 0.0714. The van der Waals surface area contributed by atoms with Gasteiger partial charge in [-0.2, -0.15) is 18.2 Å². The van der Waals surface area contributed by atoms with Gasteiger partial charge in [0, 0.05) is 52.5 Å². The van der Waals surface area contributed by atoms with Crippen LogP contribution >= 0.6 is 0 Å². The second kappa shape index (κ2) is 24.3. The fourth-order valence-electron chi connectivity index (χ4n) is 11.4. The maximum absolute atomic E-state index is 10.7. The molecule has 0 atom stereocenters. The molecule has 7 heteroatoms. The summed E-state index contributed by atoms with van der Waals surface area (Å²) in [6.07, 6.45) is 4.96. The number of hydrogen-bond acceptors (Lipinski definition) is 2. The molecule has 0 aliphatic rings. The van der Waals surface area contributed by atoms with E-state index in [1.54, 1.807) is 12.3 Å². The molecule has 0 saturated carbocycles. The molecule has 0 fully saturated rings. The van der Waals surface area contributed by atoms with E-state index >= 15 is 0 Å². The minimum absolute atomic E-state index is 0. The molecule has 0 bridgehead atoms. The van der Waals surface area contributed by atoms with Gasteiger partial charge in [0.25, 0.3) is 6.33 Å². The zero-order valence-electron chi connectivity index (χ0n) is 82.1. The van der Waals surface area contributed by atoms with Crippen molar-refractivity contribution in [3.63, 3.8) is 0 Å². The molecule has 442 valence electrons. The number of rotatable bonds is 13. The molecular formula is C84H64N4OPtSi-2. The van der Waals surface area contributed by atoms with Crippen LogP contribution in [0, 0.1) is 32.2 Å². The molecule has 3 aromatic heterocycles. The Labute approximate surface area is 595 Å². The van der Waals surface area contributed by atoms with Crippen molar-refractivity contribution in [2.45, 2.75) is 39.9 Å². The van der Waals surface area contributed by atoms with Crippen LogP contribution in [0.2, 0.25) is 0 Å². The zero-order chi connectivity index (χ0) is 90.3. The molecule has 0 unspecified atom stereocenters. The number of ether oxygens (including phenoxy) is 1. The third-order valence-electron chi connectivity index (χ3n) is 15.4. The van der Waals surface area contributed by atoms with Crippen molar-refractivity contribution in [1.82, 2.24) is 14.1 Å². The van der Waals surface area contributed by atoms with Crippen molar-refractivity contribution >= 4 is 61.7 Å². The molecule has 0 amide bonds. The van der Waals surface area contributed by atoms with E-state index in [1.807, 2.05) is 47.0 Å². The maximum atomic E-state index is 10.7. The first-order valence-corrected chi connectivity index (χ1v) is 30.1. The van der Waals surface area contributed by atoms with Crippen molar-refractivity contribution in [1.29, 1.82) is 0 Å². The summed E-state index contributed by atoms with van der Waals surface area (Å²) in [5.74, 6) is 0.568. The minimum atomic E-state index is -6.62. The molecular weight excluding hydrogens is 1300 g/mol. The van der Waals surface area contributed by atoms with Crippen molar-refractivity contribution < 1.29 is 77.0 Å². The summed E-state index contributed by atoms with van der Waals surface area (Å²) in [7, 11) is -6.62. The summed E-state index contributed by atoms with van der Waals surface area (Å²) in [5.41, 5.74) is -6.43. The number of hydrogen-bond donors (Lipinski definition) is 0. The summed E-state index contributed by atoms with van der Waals surface area (Å²) in [5, 5.41) is -2.44. The van der Waals surface area contributed by atoms with Crippen LogP contribution in [-0.4, -0.2) is 22.2 Å². The Hall–Kier alpha value is -10.2. The van der Waals surface area contributed by atoms with E-state index in [0.29, 0.717) is 11.3 Å². The van der Waals surface area contributed by atoms with Gasteiger partial charge in [-0.1, -0.05) is 244 Å². The molecule has 0 spiro atoms. The fourth-order valence-corrected chi connectivity index (χ4v) is 15.4. The number of benzene rings is 12. The number of imidazole rings is 1. The van der Waals surface area contributed by atoms with Crippen molar-refractivity contribution in [2.75, 3.05) is 0 Å². The van der Waals surface area contributed by atoms with Crippen molar-refractivity contribution in [3.05, 3.63) is 332 Å². The van der Waals surface area contributed by atoms with E-state index in [-0.39, 0.29) is 65.8 Å². The van der Waals surface area contributed by atoms with Crippen LogP contribution in [0.4, 0.5) is 0 Å². The molecule has 3 heterocycles. The quantitative estimate of drug-likeness (QED) is 0.0499. The second-order valence-electron chi connectivity index (χ2n) is 21.7. The van der Waals surface area contributed by atoms with Crippen LogP contribution < -0.4 is 30.1 Å². The van der Waals surface area contributed by atoms with Gasteiger partial charge < -0.3 is 13.9 Å². The molecule has 0 N–H and O–H groups in total. The molecule has 0 aliphatic heterocycles. The summed E-state index contributed by atoms with van der Waals surface area (Å²) in [4.78, 5) is 4.80. The van der Waals surface area contributed by atoms with Crippen LogP contribution in [0.5, 0.6) is 11.5 Å². The predicted molar refractivity (Wildman–Crippen MR) is 373 cm³/mol. The smallest absolute Gasteiger partial charge is 0.268 e. The number of para-hydroxylation sites is 2. The van der Waals surface area contributed by atoms with Gasteiger partial charge in [0.15, 0.2) is 8.07 Å². The molecule has 0 saturated heterocycles. The molecule has 0 aliphatic carbocycles. The summed E-state index contributed by atoms with van der Waals surface area (Å²) in [6.45, 7) is 0.0385. The largest absolute Gasteiger partial charge is 0.510 e. The first-order valence-electron chi connectivity index (χ1n) is 45.1. The average Bonchev–Trinajstić information content (AvgIpc) is 1.10. The van der Waals surface area contributed by atoms with Crippen LogP contribution in [0.3, 0.4) is 0 Å². The monoisotopic (exact) mass is 1400 g/mol. The summed E-state index contributed by atoms with van der Waals surface area (Å²) in [6, 6.07) is 4.54. The molecule has 15 rings (SSSR count). The van der Waals surface area contributed by atoms with Gasteiger partial charge in [0.05, 0.1) is 55.1 Å². The zero-order valence-corrected chi connectivity index (χ0v) is 51.4. The van der Waals surface area contributed by atoms with Crippen LogP contribution in [0.15, 0.2) is 297 Å². The van der Waals surface area contributed by atoms with Crippen LogP contribution in [0.1, 0.15) is 84.1 Å². The SMILES string of the molecule is [2H]c1c([2H])c([2H])c(-c2c([2H])c(-c3cccc([Si](c4c([2H])c([2H])c([2H])c([2H])c4[2H])(c4c([2H])c([2H])c([2H])c([2H])c4[2H])c4c([2H])c([2H])c([2H])c([2H])c4[2H])c3-[n+]3[c-]n(-c4[c-]c(Oc5[c-]c6c(cc5)c5ccccc5n6-c5cc(C(C)(C)C)ccn5)ccc4)c4cc(-c5c(C([2H])([2H])[2H])cccc5C([2H])([2H])[2H])ccc43)c([2H])c(-c3c([2H])c([2H])c([2H])c([2H])c3[2H])c2[2H])c([2H])c1[2H].[Pt]. The third-order valence-corrected chi connectivity index (χ3v) is 19.6. The average molecular weight is 1400 g/mol. The van der Waals surface area contributed by atoms with E-state index in [4.69, 9.17) is 30.3 Å². The number of nitrogens with zero attached hydrogens (tertiary/aromatic N) is 4. The van der Waals surface area contributed by atoms with E-state index in [2.05, 4.69) is 39.2 Å². The molecule has 5 nitrogen and oxygen atoms in total. The molecule has 91 heavy (non-hydrogen) atoms. The van der Waals surface area contributed by atoms with Gasteiger partial charge in [-0.05, 0) is 155 Å². The second-order valence-corrected chi connectivity index (χ2v) is 25.3. The summed E-state index contributed by atoms with van der Waals surface area (Å²) >= 11 is 0. The Bertz CT molecular complexity index is 6740. The van der Waals surface area contributed by atoms with Crippen LogP contribution in [-0.2, 0) is 26.5 Å². The van der Waals surface area contributed by atoms with Gasteiger partial charge >= 0.3 is 0 Å². The van der Waals surface area contributed by atoms with E-state index < -0.39 is 262 Å². The normalized spacial score (nSPS) is 17.3. The number of aryl methyl sites for hydroxylation is 2.